The Hall–Kier alpha value is -2.51. The molecule has 0 saturated heterocycles. The number of carbonyl (C=O) groups is 1. The summed E-state index contributed by atoms with van der Waals surface area (Å²) in [6.07, 6.45) is 1.32. The number of hydrogen-bond acceptors (Lipinski definition) is 5. The predicted molar refractivity (Wildman–Crippen MR) is 87.0 cm³/mol. The summed E-state index contributed by atoms with van der Waals surface area (Å²) in [5.74, 6) is -0.469. The van der Waals surface area contributed by atoms with Gasteiger partial charge in [-0.1, -0.05) is 6.07 Å². The second kappa shape index (κ2) is 5.94. The summed E-state index contributed by atoms with van der Waals surface area (Å²) in [6, 6.07) is 7.42. The second-order valence-electron chi connectivity index (χ2n) is 5.11. The zero-order valence-corrected chi connectivity index (χ0v) is 13.5. The van der Waals surface area contributed by atoms with Crippen LogP contribution in [0.1, 0.15) is 26.5 Å². The van der Waals surface area contributed by atoms with Crippen molar-refractivity contribution in [3.8, 4) is 16.4 Å². The van der Waals surface area contributed by atoms with E-state index in [1.54, 1.807) is 24.3 Å². The number of thiophene rings is 1. The number of carboxylic acid groups (broad SMARTS) is 1. The van der Waals surface area contributed by atoms with E-state index in [0.717, 1.165) is 21.0 Å². The van der Waals surface area contributed by atoms with E-state index in [-0.39, 0.29) is 12.2 Å². The highest BCUT2D eigenvalue weighted by atomic mass is 32.1. The number of carboxylic acids is 1. The summed E-state index contributed by atoms with van der Waals surface area (Å²) in [6.45, 7) is 3.63. The Labute approximate surface area is 136 Å². The van der Waals surface area contributed by atoms with Gasteiger partial charge in [-0.2, -0.15) is 5.10 Å². The van der Waals surface area contributed by atoms with Crippen molar-refractivity contribution >= 4 is 17.3 Å². The lowest BCUT2D eigenvalue weighted by Gasteiger charge is -2.06. The van der Waals surface area contributed by atoms with Crippen LogP contribution >= 0.6 is 11.3 Å². The zero-order valence-electron chi connectivity index (χ0n) is 12.6. The first-order valence-electron chi connectivity index (χ1n) is 6.97. The van der Waals surface area contributed by atoms with E-state index in [0.29, 0.717) is 11.5 Å². The van der Waals surface area contributed by atoms with E-state index in [4.69, 9.17) is 5.11 Å². The smallest absolute Gasteiger partial charge is 0.339 e. The van der Waals surface area contributed by atoms with Crippen molar-refractivity contribution in [1.82, 2.24) is 14.8 Å². The molecule has 3 aromatic heterocycles. The van der Waals surface area contributed by atoms with Crippen LogP contribution < -0.4 is 0 Å². The lowest BCUT2D eigenvalue weighted by Crippen LogP contribution is -2.04. The van der Waals surface area contributed by atoms with Crippen LogP contribution in [0.4, 0.5) is 0 Å². The van der Waals surface area contributed by atoms with Gasteiger partial charge in [-0.15, -0.1) is 11.3 Å². The Morgan fingerprint density at radius 3 is 2.78 bits per heavy atom. The predicted octanol–water partition coefficient (Wildman–Crippen LogP) is 2.80. The highest BCUT2D eigenvalue weighted by Gasteiger charge is 2.16. The van der Waals surface area contributed by atoms with Crippen LogP contribution in [0.15, 0.2) is 30.5 Å². The van der Waals surface area contributed by atoms with Crippen LogP contribution in [0.2, 0.25) is 0 Å². The third kappa shape index (κ3) is 2.76. The van der Waals surface area contributed by atoms with Gasteiger partial charge in [0, 0.05) is 4.88 Å². The van der Waals surface area contributed by atoms with E-state index in [1.165, 1.54) is 10.9 Å². The van der Waals surface area contributed by atoms with Crippen LogP contribution in [-0.4, -0.2) is 30.9 Å². The van der Waals surface area contributed by atoms with Crippen LogP contribution in [0, 0.1) is 13.8 Å². The molecular weight excluding hydrogens is 314 g/mol. The summed E-state index contributed by atoms with van der Waals surface area (Å²) < 4.78 is 1.51. The topological polar surface area (TPSA) is 88.2 Å². The molecule has 0 fully saturated rings. The fourth-order valence-corrected chi connectivity index (χ4v) is 3.42. The van der Waals surface area contributed by atoms with Crippen LogP contribution in [0.5, 0.6) is 0 Å². The maximum absolute atomic E-state index is 11.1. The van der Waals surface area contributed by atoms with Gasteiger partial charge in [0.2, 0.25) is 0 Å². The summed E-state index contributed by atoms with van der Waals surface area (Å²) in [7, 11) is 0. The number of aliphatic hydroxyl groups excluding tert-OH is 1. The molecule has 7 heteroatoms. The van der Waals surface area contributed by atoms with E-state index < -0.39 is 5.97 Å². The highest BCUT2D eigenvalue weighted by molar-refractivity contribution is 7.15. The Kier molecular flexibility index (Phi) is 3.97. The molecule has 0 aliphatic carbocycles. The lowest BCUT2D eigenvalue weighted by atomic mass is 10.2. The highest BCUT2D eigenvalue weighted by Crippen LogP contribution is 2.31. The van der Waals surface area contributed by atoms with Crippen molar-refractivity contribution in [2.75, 3.05) is 0 Å². The van der Waals surface area contributed by atoms with Crippen molar-refractivity contribution in [3.05, 3.63) is 52.2 Å². The summed E-state index contributed by atoms with van der Waals surface area (Å²) in [5, 5.41) is 22.7. The van der Waals surface area contributed by atoms with E-state index in [1.807, 2.05) is 25.1 Å². The van der Waals surface area contributed by atoms with E-state index in [9.17, 15) is 9.90 Å². The minimum absolute atomic E-state index is 0.0461. The molecule has 0 aliphatic rings. The van der Waals surface area contributed by atoms with Gasteiger partial charge in [0.05, 0.1) is 29.1 Å². The molecule has 0 spiro atoms. The van der Waals surface area contributed by atoms with Gasteiger partial charge >= 0.3 is 5.97 Å². The molecule has 0 bridgehead atoms. The molecule has 3 rings (SSSR count). The Morgan fingerprint density at radius 1 is 1.35 bits per heavy atom. The first-order chi connectivity index (χ1) is 11.0. The van der Waals surface area contributed by atoms with Gasteiger partial charge in [-0.3, -0.25) is 0 Å². The fourth-order valence-electron chi connectivity index (χ4n) is 2.42. The molecule has 0 aliphatic heterocycles. The maximum atomic E-state index is 11.1. The quantitative estimate of drug-likeness (QED) is 0.768. The number of nitrogens with zero attached hydrogens (tertiary/aromatic N) is 3. The van der Waals surface area contributed by atoms with Gasteiger partial charge in [0.25, 0.3) is 0 Å². The van der Waals surface area contributed by atoms with Gasteiger partial charge < -0.3 is 10.2 Å². The van der Waals surface area contributed by atoms with E-state index in [2.05, 4.69) is 10.1 Å². The molecule has 3 aromatic rings. The minimum atomic E-state index is -1.01. The number of pyridine rings is 1. The molecule has 23 heavy (non-hydrogen) atoms. The van der Waals surface area contributed by atoms with Crippen molar-refractivity contribution in [2.45, 2.75) is 20.5 Å². The zero-order chi connectivity index (χ0) is 16.6. The van der Waals surface area contributed by atoms with Crippen molar-refractivity contribution in [3.63, 3.8) is 0 Å². The number of aromatic carboxylic acids is 1. The summed E-state index contributed by atoms with van der Waals surface area (Å²) in [5.41, 5.74) is 2.24. The Morgan fingerprint density at radius 2 is 2.13 bits per heavy atom. The summed E-state index contributed by atoms with van der Waals surface area (Å²) >= 11 is 1.56. The second-order valence-corrected chi connectivity index (χ2v) is 6.37. The molecular formula is C16H15N3O3S. The van der Waals surface area contributed by atoms with Crippen LogP contribution in [0.25, 0.3) is 16.4 Å². The standard InChI is InChI=1S/C16H15N3O3S/c1-9-6-11(8-20)15(23-9)13-4-3-5-14(18-13)19-10(2)12(7-17-19)16(21)22/h3-7,20H,8H2,1-2H3,(H,21,22). The Balaban J connectivity index is 2.08. The number of hydrogen-bond donors (Lipinski definition) is 2. The molecule has 0 saturated carbocycles. The molecule has 0 atom stereocenters. The van der Waals surface area contributed by atoms with Gasteiger partial charge in [0.15, 0.2) is 5.82 Å². The van der Waals surface area contributed by atoms with Gasteiger partial charge in [0.1, 0.15) is 5.56 Å². The van der Waals surface area contributed by atoms with Crippen molar-refractivity contribution in [1.29, 1.82) is 0 Å². The molecule has 0 amide bonds. The number of aromatic nitrogens is 3. The van der Waals surface area contributed by atoms with Gasteiger partial charge in [-0.25, -0.2) is 14.5 Å². The molecule has 3 heterocycles. The molecule has 6 nitrogen and oxygen atoms in total. The summed E-state index contributed by atoms with van der Waals surface area (Å²) in [4.78, 5) is 17.7. The molecule has 0 unspecified atom stereocenters. The monoisotopic (exact) mass is 329 g/mol. The lowest BCUT2D eigenvalue weighted by molar-refractivity contribution is 0.0696. The molecule has 0 radical (unpaired) electrons. The van der Waals surface area contributed by atoms with Crippen LogP contribution in [-0.2, 0) is 6.61 Å². The fraction of sp³-hybridized carbons (Fsp3) is 0.188. The normalized spacial score (nSPS) is 10.9. The van der Waals surface area contributed by atoms with Gasteiger partial charge in [-0.05, 0) is 37.6 Å². The number of aryl methyl sites for hydroxylation is 1. The molecule has 2 N–H and O–H groups in total. The molecule has 118 valence electrons. The largest absolute Gasteiger partial charge is 0.478 e. The molecule has 0 aromatic carbocycles. The van der Waals surface area contributed by atoms with E-state index >= 15 is 0 Å². The minimum Gasteiger partial charge on any atom is -0.478 e. The average molecular weight is 329 g/mol. The first-order valence-corrected chi connectivity index (χ1v) is 7.78. The van der Waals surface area contributed by atoms with Crippen molar-refractivity contribution < 1.29 is 15.0 Å². The average Bonchev–Trinajstić information content (AvgIpc) is 3.10. The first kappa shape index (κ1) is 15.4. The third-order valence-electron chi connectivity index (χ3n) is 3.53. The number of aliphatic hydroxyl groups is 1. The maximum Gasteiger partial charge on any atom is 0.339 e. The Bertz CT molecular complexity index is 883. The van der Waals surface area contributed by atoms with Crippen LogP contribution in [0.3, 0.4) is 0 Å². The number of rotatable bonds is 4. The van der Waals surface area contributed by atoms with Crippen molar-refractivity contribution in [2.24, 2.45) is 0 Å². The third-order valence-corrected chi connectivity index (χ3v) is 4.64. The SMILES string of the molecule is Cc1cc(CO)c(-c2cccc(-n3ncc(C(=O)O)c3C)n2)s1.